The maximum Gasteiger partial charge on any atom is 0.209 e. The summed E-state index contributed by atoms with van der Waals surface area (Å²) in [6, 6.07) is 19.6. The summed E-state index contributed by atoms with van der Waals surface area (Å²) in [6.45, 7) is 5.54. The fraction of sp³-hybridized carbons (Fsp3) is 0.192. The average Bonchev–Trinajstić information content (AvgIpc) is 3.36. The van der Waals surface area contributed by atoms with Gasteiger partial charge in [-0.15, -0.1) is 0 Å². The molecule has 172 valence electrons. The van der Waals surface area contributed by atoms with E-state index in [9.17, 15) is 4.79 Å². The molecular weight excluding hydrogens is 444 g/mol. The van der Waals surface area contributed by atoms with Crippen LogP contribution in [0.5, 0.6) is 0 Å². The van der Waals surface area contributed by atoms with Crippen molar-refractivity contribution in [1.29, 1.82) is 0 Å². The zero-order valence-corrected chi connectivity index (χ0v) is 19.6. The number of rotatable bonds is 6. The van der Waals surface area contributed by atoms with Gasteiger partial charge in [0, 0.05) is 41.6 Å². The third-order valence-electron chi connectivity index (χ3n) is 6.12. The van der Waals surface area contributed by atoms with Crippen molar-refractivity contribution >= 4 is 23.1 Å². The molecule has 0 saturated carbocycles. The minimum atomic E-state index is -0.112. The summed E-state index contributed by atoms with van der Waals surface area (Å²) in [6.07, 6.45) is 5.35. The second-order valence-corrected chi connectivity index (χ2v) is 9.21. The highest BCUT2D eigenvalue weighted by atomic mass is 32.2. The van der Waals surface area contributed by atoms with Gasteiger partial charge in [0.05, 0.1) is 23.6 Å². The lowest BCUT2D eigenvalue weighted by Crippen LogP contribution is -2.35. The fourth-order valence-electron chi connectivity index (χ4n) is 4.38. The smallest absolute Gasteiger partial charge is 0.209 e. The summed E-state index contributed by atoms with van der Waals surface area (Å²) < 4.78 is 3.70. The first-order valence-electron chi connectivity index (χ1n) is 11.3. The molecule has 0 radical (unpaired) electrons. The maximum atomic E-state index is 12.7. The number of hydrogen-bond acceptors (Lipinski definition) is 6. The van der Waals surface area contributed by atoms with Crippen LogP contribution in [-0.2, 0) is 0 Å². The highest BCUT2D eigenvalue weighted by Gasteiger charge is 2.23. The number of nitrogen functional groups attached to an aromatic ring is 1. The summed E-state index contributed by atoms with van der Waals surface area (Å²) in [4.78, 5) is 16.1. The van der Waals surface area contributed by atoms with E-state index in [1.807, 2.05) is 47.1 Å². The Morgan fingerprint density at radius 2 is 1.82 bits per heavy atom. The van der Waals surface area contributed by atoms with Crippen molar-refractivity contribution in [2.24, 2.45) is 0 Å². The average molecular weight is 471 g/mol. The summed E-state index contributed by atoms with van der Waals surface area (Å²) in [7, 11) is 0. The van der Waals surface area contributed by atoms with Gasteiger partial charge in [0.15, 0.2) is 5.69 Å². The van der Waals surface area contributed by atoms with Crippen molar-refractivity contribution in [3.8, 4) is 17.1 Å². The lowest BCUT2D eigenvalue weighted by Gasteiger charge is -2.34. The molecule has 7 nitrogen and oxygen atoms in total. The lowest BCUT2D eigenvalue weighted by molar-refractivity contribution is 0.362. The Morgan fingerprint density at radius 1 is 1.03 bits per heavy atom. The largest absolute Gasteiger partial charge is 0.398 e. The van der Waals surface area contributed by atoms with E-state index in [1.165, 1.54) is 11.8 Å². The molecule has 0 spiro atoms. The number of nitrogens with two attached hydrogens (primary N) is 1. The number of hydrogen-bond donors (Lipinski definition) is 1. The Morgan fingerprint density at radius 3 is 2.56 bits per heavy atom. The molecule has 0 bridgehead atoms. The molecule has 1 fully saturated rings. The Labute approximate surface area is 202 Å². The molecular formula is C26H26N6OS. The van der Waals surface area contributed by atoms with E-state index >= 15 is 0 Å². The van der Waals surface area contributed by atoms with Crippen molar-refractivity contribution < 1.29 is 0 Å². The van der Waals surface area contributed by atoms with E-state index in [4.69, 9.17) is 10.8 Å². The molecule has 1 aliphatic heterocycles. The van der Waals surface area contributed by atoms with Gasteiger partial charge in [-0.1, -0.05) is 36.5 Å². The van der Waals surface area contributed by atoms with Crippen molar-refractivity contribution in [1.82, 2.24) is 19.6 Å². The van der Waals surface area contributed by atoms with Crippen LogP contribution in [0, 0.1) is 0 Å². The molecule has 2 aromatic carbocycles. The highest BCUT2D eigenvalue weighted by molar-refractivity contribution is 8.02. The Bertz CT molecular complexity index is 1360. The topological polar surface area (TPSA) is 82.0 Å². The predicted octanol–water partition coefficient (Wildman–Crippen LogP) is 4.76. The molecule has 1 aliphatic rings. The fourth-order valence-corrected chi connectivity index (χ4v) is 4.90. The van der Waals surface area contributed by atoms with Crippen molar-refractivity contribution in [3.63, 3.8) is 0 Å². The van der Waals surface area contributed by atoms with Crippen molar-refractivity contribution in [2.45, 2.75) is 23.8 Å². The third kappa shape index (κ3) is 4.36. The van der Waals surface area contributed by atoms with E-state index in [0.29, 0.717) is 11.4 Å². The third-order valence-corrected chi connectivity index (χ3v) is 6.91. The maximum absolute atomic E-state index is 12.7. The van der Waals surface area contributed by atoms with E-state index in [2.05, 4.69) is 28.7 Å². The normalized spacial score (nSPS) is 14.3. The molecule has 2 aromatic heterocycles. The zero-order chi connectivity index (χ0) is 23.5. The minimum Gasteiger partial charge on any atom is -0.398 e. The quantitative estimate of drug-likeness (QED) is 0.323. The van der Waals surface area contributed by atoms with E-state index in [1.54, 1.807) is 28.5 Å². The standard InChI is InChI=1S/C26H26N6OS/c1-2-34-25-9-8-21(18-22(25)27)30-15-11-19(12-16-30)31-17-13-24(33)26(29-31)23-10-14-28-32(23)20-6-4-3-5-7-20/h2-10,13-14,17-19H,1,11-12,15-16,27H2. The Kier molecular flexibility index (Phi) is 6.22. The molecule has 8 heteroatoms. The number of aromatic nitrogens is 4. The Hall–Kier alpha value is -3.78. The van der Waals surface area contributed by atoms with Gasteiger partial charge >= 0.3 is 0 Å². The second kappa shape index (κ2) is 9.61. The molecule has 34 heavy (non-hydrogen) atoms. The van der Waals surface area contributed by atoms with Gasteiger partial charge in [-0.25, -0.2) is 4.68 Å². The van der Waals surface area contributed by atoms with Gasteiger partial charge in [-0.2, -0.15) is 10.2 Å². The van der Waals surface area contributed by atoms with Gasteiger partial charge in [0.2, 0.25) is 5.43 Å². The monoisotopic (exact) mass is 470 g/mol. The van der Waals surface area contributed by atoms with E-state index in [-0.39, 0.29) is 11.5 Å². The SMILES string of the molecule is C=CSc1ccc(N2CCC(n3ccc(=O)c(-c4ccnn4-c4ccccc4)n3)CC2)cc1N. The van der Waals surface area contributed by atoms with Gasteiger partial charge in [-0.3, -0.25) is 9.48 Å². The Balaban J connectivity index is 1.35. The van der Waals surface area contributed by atoms with Crippen molar-refractivity contribution in [3.05, 3.63) is 95.3 Å². The molecule has 1 saturated heterocycles. The van der Waals surface area contributed by atoms with Gasteiger partial charge in [-0.05, 0) is 54.6 Å². The first-order chi connectivity index (χ1) is 16.6. The second-order valence-electron chi connectivity index (χ2n) is 8.20. The molecule has 0 amide bonds. The first kappa shape index (κ1) is 22.0. The predicted molar refractivity (Wildman–Crippen MR) is 138 cm³/mol. The molecule has 0 aliphatic carbocycles. The van der Waals surface area contributed by atoms with Gasteiger partial charge in [0.1, 0.15) is 0 Å². The van der Waals surface area contributed by atoms with Crippen LogP contribution in [-0.4, -0.2) is 32.7 Å². The number of anilines is 2. The molecule has 0 unspecified atom stereocenters. The minimum absolute atomic E-state index is 0.112. The zero-order valence-electron chi connectivity index (χ0n) is 18.7. The van der Waals surface area contributed by atoms with Gasteiger partial charge in [0.25, 0.3) is 0 Å². The number of piperidine rings is 1. The van der Waals surface area contributed by atoms with Crippen LogP contribution in [0.4, 0.5) is 11.4 Å². The van der Waals surface area contributed by atoms with Crippen LogP contribution in [0.2, 0.25) is 0 Å². The van der Waals surface area contributed by atoms with Crippen LogP contribution in [0.1, 0.15) is 18.9 Å². The number of para-hydroxylation sites is 1. The van der Waals surface area contributed by atoms with Crippen LogP contribution >= 0.6 is 11.8 Å². The van der Waals surface area contributed by atoms with Crippen LogP contribution < -0.4 is 16.1 Å². The van der Waals surface area contributed by atoms with Crippen LogP contribution in [0.15, 0.2) is 94.7 Å². The molecule has 3 heterocycles. The molecule has 5 rings (SSSR count). The molecule has 0 atom stereocenters. The van der Waals surface area contributed by atoms with Crippen LogP contribution in [0.3, 0.4) is 0 Å². The van der Waals surface area contributed by atoms with Crippen LogP contribution in [0.25, 0.3) is 17.1 Å². The lowest BCUT2D eigenvalue weighted by atomic mass is 10.0. The van der Waals surface area contributed by atoms with Gasteiger partial charge < -0.3 is 10.6 Å². The summed E-state index contributed by atoms with van der Waals surface area (Å²) in [5.74, 6) is 0. The molecule has 4 aromatic rings. The highest BCUT2D eigenvalue weighted by Crippen LogP contribution is 2.32. The van der Waals surface area contributed by atoms with E-state index < -0.39 is 0 Å². The number of thioether (sulfide) groups is 1. The van der Waals surface area contributed by atoms with E-state index in [0.717, 1.165) is 47.9 Å². The number of benzene rings is 2. The molecule has 2 N–H and O–H groups in total. The first-order valence-corrected chi connectivity index (χ1v) is 12.1. The number of nitrogens with zero attached hydrogens (tertiary/aromatic N) is 5. The summed E-state index contributed by atoms with van der Waals surface area (Å²) >= 11 is 1.53. The summed E-state index contributed by atoms with van der Waals surface area (Å²) in [5, 5.41) is 11.0. The summed E-state index contributed by atoms with van der Waals surface area (Å²) in [5.41, 5.74) is 10.0. The van der Waals surface area contributed by atoms with Crippen molar-refractivity contribution in [2.75, 3.05) is 23.7 Å².